The Kier molecular flexibility index (Phi) is 9.19. The largest absolute Gasteiger partial charge is 0.497 e. The highest BCUT2D eigenvalue weighted by Crippen LogP contribution is 2.24. The van der Waals surface area contributed by atoms with Crippen molar-refractivity contribution in [1.29, 1.82) is 0 Å². The maximum absolute atomic E-state index is 5.41. The number of guanidine groups is 1. The molecule has 1 aliphatic heterocycles. The van der Waals surface area contributed by atoms with Crippen LogP contribution in [0.2, 0.25) is 0 Å². The molecule has 1 saturated heterocycles. The third-order valence-corrected chi connectivity index (χ3v) is 5.60. The highest BCUT2D eigenvalue weighted by atomic mass is 16.5. The molecule has 2 aromatic carbocycles. The Morgan fingerprint density at radius 3 is 2.44 bits per heavy atom. The molecule has 1 fully saturated rings. The van der Waals surface area contributed by atoms with Crippen LogP contribution >= 0.6 is 0 Å². The van der Waals surface area contributed by atoms with Gasteiger partial charge in [-0.15, -0.1) is 0 Å². The molecule has 0 aromatic heterocycles. The summed E-state index contributed by atoms with van der Waals surface area (Å²) < 4.78 is 16.1. The lowest BCUT2D eigenvalue weighted by Crippen LogP contribution is -2.44. The highest BCUT2D eigenvalue weighted by Gasteiger charge is 2.23. The Morgan fingerprint density at radius 1 is 1.06 bits per heavy atom. The molecular formula is C25H36N4O3. The number of methoxy groups -OCH3 is 3. The summed E-state index contributed by atoms with van der Waals surface area (Å²) in [5, 5.41) is 7.00. The van der Waals surface area contributed by atoms with Crippen molar-refractivity contribution in [3.8, 4) is 11.5 Å². The van der Waals surface area contributed by atoms with Crippen molar-refractivity contribution in [1.82, 2.24) is 15.5 Å². The fourth-order valence-electron chi connectivity index (χ4n) is 4.00. The second kappa shape index (κ2) is 12.3. The van der Waals surface area contributed by atoms with E-state index in [0.29, 0.717) is 19.2 Å². The van der Waals surface area contributed by atoms with Crippen LogP contribution in [0, 0.1) is 0 Å². The van der Waals surface area contributed by atoms with E-state index in [2.05, 4.69) is 46.7 Å². The molecule has 1 aliphatic rings. The Bertz CT molecular complexity index is 865. The standard InChI is InChI=1S/C25H36N4O3/c1-5-26-25(27-15-20-8-6-7-9-21(20)18-30-2)28-22-10-11-29(17-22)16-19-12-23(31-3)14-24(13-19)32-4/h6-9,12-14,22H,5,10-11,15-18H2,1-4H3,(H2,26,27,28). The van der Waals surface area contributed by atoms with Crippen LogP contribution < -0.4 is 20.1 Å². The van der Waals surface area contributed by atoms with Gasteiger partial charge in [-0.1, -0.05) is 24.3 Å². The first-order valence-electron chi connectivity index (χ1n) is 11.2. The SMILES string of the molecule is CCNC(=NCc1ccccc1COC)NC1CCN(Cc2cc(OC)cc(OC)c2)C1. The summed E-state index contributed by atoms with van der Waals surface area (Å²) in [7, 11) is 5.09. The smallest absolute Gasteiger partial charge is 0.191 e. The molecule has 0 spiro atoms. The number of likely N-dealkylation sites (tertiary alicyclic amines) is 1. The Balaban J connectivity index is 1.59. The molecule has 7 nitrogen and oxygen atoms in total. The first kappa shape index (κ1) is 23.9. The molecule has 0 bridgehead atoms. The Labute approximate surface area is 191 Å². The fourth-order valence-corrected chi connectivity index (χ4v) is 4.00. The minimum Gasteiger partial charge on any atom is -0.497 e. The zero-order valence-corrected chi connectivity index (χ0v) is 19.7. The van der Waals surface area contributed by atoms with Gasteiger partial charge < -0.3 is 24.8 Å². The first-order valence-corrected chi connectivity index (χ1v) is 11.2. The number of rotatable bonds is 10. The average Bonchev–Trinajstić information content (AvgIpc) is 3.24. The van der Waals surface area contributed by atoms with Gasteiger partial charge >= 0.3 is 0 Å². The lowest BCUT2D eigenvalue weighted by Gasteiger charge is -2.19. The monoisotopic (exact) mass is 440 g/mol. The molecule has 1 atom stereocenters. The molecule has 32 heavy (non-hydrogen) atoms. The van der Waals surface area contributed by atoms with Crippen molar-refractivity contribution in [3.63, 3.8) is 0 Å². The molecule has 2 aromatic rings. The molecule has 0 aliphatic carbocycles. The average molecular weight is 441 g/mol. The maximum atomic E-state index is 5.41. The van der Waals surface area contributed by atoms with Gasteiger partial charge in [0.25, 0.3) is 0 Å². The van der Waals surface area contributed by atoms with Crippen LogP contribution in [-0.4, -0.2) is 57.9 Å². The zero-order valence-electron chi connectivity index (χ0n) is 19.7. The van der Waals surface area contributed by atoms with E-state index in [-0.39, 0.29) is 0 Å². The number of hydrogen-bond acceptors (Lipinski definition) is 5. The van der Waals surface area contributed by atoms with E-state index in [4.69, 9.17) is 19.2 Å². The number of nitrogens with zero attached hydrogens (tertiary/aromatic N) is 2. The van der Waals surface area contributed by atoms with E-state index in [1.165, 1.54) is 16.7 Å². The lowest BCUT2D eigenvalue weighted by molar-refractivity contribution is 0.184. The first-order chi connectivity index (χ1) is 15.6. The van der Waals surface area contributed by atoms with Crippen LogP contribution in [0.5, 0.6) is 11.5 Å². The minimum atomic E-state index is 0.356. The van der Waals surface area contributed by atoms with Gasteiger partial charge in [-0.2, -0.15) is 0 Å². The fraction of sp³-hybridized carbons (Fsp3) is 0.480. The second-order valence-electron chi connectivity index (χ2n) is 7.98. The van der Waals surface area contributed by atoms with Gasteiger partial charge in [0, 0.05) is 45.4 Å². The Morgan fingerprint density at radius 2 is 1.78 bits per heavy atom. The predicted octanol–water partition coefficient (Wildman–Crippen LogP) is 3.18. The van der Waals surface area contributed by atoms with Gasteiger partial charge in [0.05, 0.1) is 27.4 Å². The summed E-state index contributed by atoms with van der Waals surface area (Å²) in [4.78, 5) is 7.28. The number of aliphatic imine (C=N–C) groups is 1. The van der Waals surface area contributed by atoms with E-state index >= 15 is 0 Å². The lowest BCUT2D eigenvalue weighted by atomic mass is 10.1. The van der Waals surface area contributed by atoms with Crippen LogP contribution in [0.4, 0.5) is 0 Å². The topological polar surface area (TPSA) is 67.4 Å². The summed E-state index contributed by atoms with van der Waals surface area (Å²) in [5.41, 5.74) is 3.55. The summed E-state index contributed by atoms with van der Waals surface area (Å²) in [6.45, 7) is 7.00. The molecule has 2 N–H and O–H groups in total. The summed E-state index contributed by atoms with van der Waals surface area (Å²) in [6.07, 6.45) is 1.08. The van der Waals surface area contributed by atoms with Gasteiger partial charge in [0.2, 0.25) is 0 Å². The number of ether oxygens (including phenoxy) is 3. The van der Waals surface area contributed by atoms with Gasteiger partial charge in [-0.05, 0) is 42.2 Å². The Hall–Kier alpha value is -2.77. The third-order valence-electron chi connectivity index (χ3n) is 5.60. The molecule has 0 radical (unpaired) electrons. The molecule has 0 amide bonds. The van der Waals surface area contributed by atoms with Crippen molar-refractivity contribution in [2.24, 2.45) is 4.99 Å². The molecule has 1 unspecified atom stereocenters. The molecule has 3 rings (SSSR count). The number of benzene rings is 2. The van der Waals surface area contributed by atoms with Crippen molar-refractivity contribution in [3.05, 3.63) is 59.2 Å². The van der Waals surface area contributed by atoms with Crippen LogP contribution in [0.25, 0.3) is 0 Å². The minimum absolute atomic E-state index is 0.356. The van der Waals surface area contributed by atoms with Gasteiger partial charge in [0.1, 0.15) is 11.5 Å². The third kappa shape index (κ3) is 6.87. The van der Waals surface area contributed by atoms with Crippen LogP contribution in [0.15, 0.2) is 47.5 Å². The van der Waals surface area contributed by atoms with Gasteiger partial charge in [-0.25, -0.2) is 4.99 Å². The molecule has 174 valence electrons. The molecule has 7 heteroatoms. The van der Waals surface area contributed by atoms with E-state index in [0.717, 1.165) is 50.1 Å². The van der Waals surface area contributed by atoms with Crippen molar-refractivity contribution < 1.29 is 14.2 Å². The number of hydrogen-bond donors (Lipinski definition) is 2. The summed E-state index contributed by atoms with van der Waals surface area (Å²) in [5.74, 6) is 2.50. The van der Waals surface area contributed by atoms with Crippen LogP contribution in [-0.2, 0) is 24.4 Å². The normalized spacial score (nSPS) is 16.8. The predicted molar refractivity (Wildman–Crippen MR) is 128 cm³/mol. The van der Waals surface area contributed by atoms with Gasteiger partial charge in [-0.3, -0.25) is 4.90 Å². The van der Waals surface area contributed by atoms with Crippen molar-refractivity contribution in [2.45, 2.75) is 39.1 Å². The van der Waals surface area contributed by atoms with Crippen molar-refractivity contribution in [2.75, 3.05) is 41.0 Å². The van der Waals surface area contributed by atoms with Crippen LogP contribution in [0.1, 0.15) is 30.0 Å². The van der Waals surface area contributed by atoms with E-state index < -0.39 is 0 Å². The molecular weight excluding hydrogens is 404 g/mol. The van der Waals surface area contributed by atoms with E-state index in [1.54, 1.807) is 21.3 Å². The molecule has 0 saturated carbocycles. The maximum Gasteiger partial charge on any atom is 0.191 e. The summed E-state index contributed by atoms with van der Waals surface area (Å²) >= 11 is 0. The quantitative estimate of drug-likeness (QED) is 0.437. The number of nitrogens with one attached hydrogen (secondary N) is 2. The van der Waals surface area contributed by atoms with Crippen molar-refractivity contribution >= 4 is 5.96 Å². The van der Waals surface area contributed by atoms with Gasteiger partial charge in [0.15, 0.2) is 5.96 Å². The zero-order chi connectivity index (χ0) is 22.8. The second-order valence-corrected chi connectivity index (χ2v) is 7.98. The van der Waals surface area contributed by atoms with E-state index in [9.17, 15) is 0 Å². The van der Waals surface area contributed by atoms with E-state index in [1.807, 2.05) is 18.2 Å². The molecule has 1 heterocycles. The van der Waals surface area contributed by atoms with Crippen LogP contribution in [0.3, 0.4) is 0 Å². The summed E-state index contributed by atoms with van der Waals surface area (Å²) in [6, 6.07) is 14.7. The highest BCUT2D eigenvalue weighted by molar-refractivity contribution is 5.80.